The lowest BCUT2D eigenvalue weighted by Gasteiger charge is -2.42. The molecule has 18 aliphatic rings. The van der Waals surface area contributed by atoms with E-state index in [1.807, 2.05) is 0 Å². The molecule has 0 radical (unpaired) electrons. The lowest BCUT2D eigenvalue weighted by molar-refractivity contribution is -0.164. The zero-order valence-electron chi connectivity index (χ0n) is 85.2. The second-order valence-electron chi connectivity index (χ2n) is 46.9. The topological polar surface area (TPSA) is 157 Å². The first-order valence-electron chi connectivity index (χ1n) is 53.8. The fourth-order valence-corrected chi connectivity index (χ4v) is 32.4. The van der Waals surface area contributed by atoms with Gasteiger partial charge in [-0.15, -0.1) is 0 Å². The van der Waals surface area contributed by atoms with Gasteiger partial charge in [0.1, 0.15) is 17.2 Å². The summed E-state index contributed by atoms with van der Waals surface area (Å²) in [5, 5.41) is 1.40. The van der Waals surface area contributed by atoms with Crippen molar-refractivity contribution in [2.24, 2.45) is 108 Å². The summed E-state index contributed by atoms with van der Waals surface area (Å²) in [6.07, 6.45) is 33.1. The van der Waals surface area contributed by atoms with Crippen LogP contribution in [-0.4, -0.2) is 285 Å². The van der Waals surface area contributed by atoms with E-state index >= 15 is 0 Å². The highest BCUT2D eigenvalue weighted by atomic mass is 28.2. The number of hydrogen-bond acceptors (Lipinski definition) is 17. The SMILES string of the molecule is CCC1(COC2CC3CC([SiH3])C2C3)COC1.CCC1(COC2CC3CC2CC3[SiH3])COC1.CCC1(COCC2CC3CC([SiH3])C2C3)COC1.CCC1(COCC2CC3CC2CC3[SiH3])COC1.CCC1(COCC2CC3OC2CC3[SiH3])COC1.CCC1(COc2ccc(CC[SiH3])cc2)COC1.CCC1(COc2ccc(C[SiH3])cc2)COC1.CCC1(COc2ccc([SiH3])cc2)COC1. The molecule has 3 aromatic carbocycles. The molecule has 10 heterocycles. The summed E-state index contributed by atoms with van der Waals surface area (Å²) in [6, 6.07) is 28.0. The number of fused-ring (bicyclic) bond motifs is 10. The zero-order chi connectivity index (χ0) is 92.3. The Hall–Kier alpha value is -1.76. The Balaban J connectivity index is 0.000000121. The Morgan fingerprint density at radius 2 is 0.664 bits per heavy atom. The number of hydrogen-bond donors (Lipinski definition) is 0. The molecule has 10 saturated heterocycles. The molecule has 3 aromatic rings. The molecule has 131 heavy (non-hydrogen) atoms. The van der Waals surface area contributed by atoms with Crippen LogP contribution in [0.2, 0.25) is 33.7 Å². The summed E-state index contributed by atoms with van der Waals surface area (Å²) in [5.41, 5.74) is 10.7. The Labute approximate surface area is 817 Å². The minimum absolute atomic E-state index is 0.272. The van der Waals surface area contributed by atoms with Gasteiger partial charge in [0.05, 0.1) is 206 Å². The van der Waals surface area contributed by atoms with Crippen LogP contribution in [0.1, 0.15) is 208 Å². The lowest BCUT2D eigenvalue weighted by Crippen LogP contribution is -2.47. The van der Waals surface area contributed by atoms with Gasteiger partial charge in [0.25, 0.3) is 0 Å². The fourth-order valence-electron chi connectivity index (χ4n) is 24.9. The second-order valence-corrected chi connectivity index (χ2v) is 57.1. The van der Waals surface area contributed by atoms with Gasteiger partial charge in [-0.05, 0) is 247 Å². The van der Waals surface area contributed by atoms with Crippen LogP contribution in [0.4, 0.5) is 0 Å². The number of ether oxygens (including phenoxy) is 17. The highest BCUT2D eigenvalue weighted by molar-refractivity contribution is 6.32. The first-order valence-corrected chi connectivity index (χ1v) is 63.4. The molecule has 742 valence electrons. The number of benzene rings is 3. The maximum atomic E-state index is 6.25. The van der Waals surface area contributed by atoms with Gasteiger partial charge in [-0.1, -0.05) is 144 Å². The van der Waals surface area contributed by atoms with E-state index in [0.29, 0.717) is 57.4 Å². The molecule has 0 aromatic heterocycles. The van der Waals surface area contributed by atoms with Crippen LogP contribution in [0.25, 0.3) is 0 Å². The highest BCUT2D eigenvalue weighted by Crippen LogP contribution is 2.57. The van der Waals surface area contributed by atoms with Gasteiger partial charge in [0.15, 0.2) is 0 Å². The Morgan fingerprint density at radius 1 is 0.298 bits per heavy atom. The molecule has 8 saturated carbocycles. The smallest absolute Gasteiger partial charge is 0.119 e. The summed E-state index contributed by atoms with van der Waals surface area (Å²) in [6.45, 7) is 42.1. The van der Waals surface area contributed by atoms with E-state index in [4.69, 9.17) is 80.5 Å². The van der Waals surface area contributed by atoms with E-state index < -0.39 is 0 Å². The van der Waals surface area contributed by atoms with Gasteiger partial charge in [-0.3, -0.25) is 0 Å². The van der Waals surface area contributed by atoms with Crippen molar-refractivity contribution >= 4 is 87.1 Å². The Morgan fingerprint density at radius 3 is 0.992 bits per heavy atom. The van der Waals surface area contributed by atoms with Crippen LogP contribution >= 0.6 is 0 Å². The van der Waals surface area contributed by atoms with E-state index in [1.54, 1.807) is 6.42 Å². The minimum Gasteiger partial charge on any atom is -0.493 e. The van der Waals surface area contributed by atoms with Gasteiger partial charge >= 0.3 is 0 Å². The molecule has 0 amide bonds. The lowest BCUT2D eigenvalue weighted by atomic mass is 9.84. The molecule has 20 atom stereocenters. The van der Waals surface area contributed by atoms with Crippen LogP contribution in [0.15, 0.2) is 72.8 Å². The highest BCUT2D eigenvalue weighted by Gasteiger charge is 2.52. The molecule has 20 unspecified atom stereocenters. The summed E-state index contributed by atoms with van der Waals surface area (Å²) in [5.74, 6) is 13.4. The summed E-state index contributed by atoms with van der Waals surface area (Å²) in [7, 11) is 10.5. The van der Waals surface area contributed by atoms with Crippen molar-refractivity contribution in [1.29, 1.82) is 0 Å². The predicted molar refractivity (Wildman–Crippen MR) is 558 cm³/mol. The minimum atomic E-state index is 0.272. The third kappa shape index (κ3) is 27.6. The molecule has 10 bridgehead atoms. The van der Waals surface area contributed by atoms with Gasteiger partial charge in [-0.25, -0.2) is 0 Å². The van der Waals surface area contributed by atoms with Crippen LogP contribution in [0, 0.1) is 108 Å². The van der Waals surface area contributed by atoms with Crippen LogP contribution < -0.4 is 19.4 Å². The van der Waals surface area contributed by atoms with Crippen molar-refractivity contribution < 1.29 is 80.5 Å². The first kappa shape index (κ1) is 105. The van der Waals surface area contributed by atoms with E-state index in [2.05, 4.69) is 128 Å². The molecule has 0 N–H and O–H groups in total. The third-order valence-electron chi connectivity index (χ3n) is 36.9. The standard InChI is InChI=1S/2C14H26O2Si.C14H22O2Si.C13H24O3Si.2C13H24O2Si.C13H20O2Si.C12H18O2Si/c1-2-14(8-16-9-14)7-15-6-12-4-11-3-10(12)5-13(11)17;1-2-14(8-16-9-14)7-15-6-11-3-10-4-12(11)13(17)5-10;1-2-14(9-15-10-14)11-16-13-5-3-12(4-6-13)7-8-17;1-2-13(7-15-8-13)6-14-5-9-3-11-12(17)4-10(9)16-11;1-2-13(6-14-7-13)8-15-11-4-10-3-9(11)5-12(10)16;1-2-13(6-14-7-13)8-15-11-4-9-3-10(11)12(16)5-9;1-2-13(8-14-9-13)10-15-12-5-3-11(7-16)4-6-12;1-2-12(7-13-8-12)9-14-10-3-5-11(15)6-4-10/h2*10-13H,2-9H2,1,17H3;3-6H,2,7-11H2,1,17H3;9-12H,2-8H2,1,17H3;2*9-12H,2-8H2,1,16H3;3-6H,2,7-10H2,1,16H3;3-6H,2,7-9H2,1,15H3. The average molecular weight is 1960 g/mol. The van der Waals surface area contributed by atoms with Crippen molar-refractivity contribution in [2.45, 2.75) is 267 Å². The Bertz CT molecular complexity index is 3700. The van der Waals surface area contributed by atoms with E-state index in [-0.39, 0.29) is 16.2 Å². The molecule has 0 spiro atoms. The second kappa shape index (κ2) is 49.3. The molecule has 18 fully saturated rings. The zero-order valence-corrected chi connectivity index (χ0v) is 101. The molecule has 8 aliphatic carbocycles. The van der Waals surface area contributed by atoms with Crippen molar-refractivity contribution in [1.82, 2.24) is 0 Å². The summed E-state index contributed by atoms with van der Waals surface area (Å²) < 4.78 is 96.5. The van der Waals surface area contributed by atoms with Gasteiger partial charge in [0, 0.05) is 128 Å². The average Bonchev–Trinajstić information content (AvgIpc) is 1.65. The summed E-state index contributed by atoms with van der Waals surface area (Å²) in [4.78, 5) is 0. The number of rotatable bonds is 38. The summed E-state index contributed by atoms with van der Waals surface area (Å²) >= 11 is 0. The van der Waals surface area contributed by atoms with E-state index in [0.717, 1.165) is 312 Å². The van der Waals surface area contributed by atoms with E-state index in [9.17, 15) is 0 Å². The van der Waals surface area contributed by atoms with Crippen molar-refractivity contribution in [3.8, 4) is 17.2 Å². The molecule has 21 rings (SSSR count). The fraction of sp³-hybridized carbons (Fsp3) is 0.830. The van der Waals surface area contributed by atoms with Crippen LogP contribution in [0.3, 0.4) is 0 Å². The van der Waals surface area contributed by atoms with Crippen LogP contribution in [0.5, 0.6) is 17.2 Å². The molecule has 10 aliphatic heterocycles. The van der Waals surface area contributed by atoms with Crippen molar-refractivity contribution in [2.75, 3.05) is 178 Å². The van der Waals surface area contributed by atoms with Gasteiger partial charge < -0.3 is 80.5 Å². The first-order chi connectivity index (χ1) is 63.4. The van der Waals surface area contributed by atoms with Gasteiger partial charge in [0.2, 0.25) is 0 Å². The van der Waals surface area contributed by atoms with Gasteiger partial charge in [-0.2, -0.15) is 0 Å². The molecule has 17 nitrogen and oxygen atoms in total. The third-order valence-corrected chi connectivity index (χ3v) is 45.6. The number of aryl methyl sites for hydroxylation is 1. The maximum absolute atomic E-state index is 6.25. The van der Waals surface area contributed by atoms with Crippen molar-refractivity contribution in [3.05, 3.63) is 83.9 Å². The van der Waals surface area contributed by atoms with E-state index in [1.165, 1.54) is 222 Å². The molecular formula is C106H184O17Si8. The van der Waals surface area contributed by atoms with Crippen LogP contribution in [-0.2, 0) is 78.8 Å². The molecular weight excluding hydrogens is 1770 g/mol. The maximum Gasteiger partial charge on any atom is 0.119 e. The molecule has 25 heteroatoms. The Kier molecular flexibility index (Phi) is 39.5. The largest absolute Gasteiger partial charge is 0.493 e. The predicted octanol–water partition coefficient (Wildman–Crippen LogP) is 10.4. The van der Waals surface area contributed by atoms with Crippen molar-refractivity contribution in [3.63, 3.8) is 0 Å². The monoisotopic (exact) mass is 1950 g/mol. The quantitative estimate of drug-likeness (QED) is 0.0499. The normalized spacial score (nSPS) is 34.3.